The van der Waals surface area contributed by atoms with Crippen LogP contribution in [-0.4, -0.2) is 24.5 Å². The van der Waals surface area contributed by atoms with Crippen molar-refractivity contribution in [3.05, 3.63) is 29.3 Å². The van der Waals surface area contributed by atoms with Crippen LogP contribution in [0.4, 0.5) is 18.9 Å². The van der Waals surface area contributed by atoms with Gasteiger partial charge in [0.15, 0.2) is 0 Å². The van der Waals surface area contributed by atoms with E-state index in [2.05, 4.69) is 0 Å². The zero-order chi connectivity index (χ0) is 22.8. The minimum atomic E-state index is -4.46. The third-order valence-electron chi connectivity index (χ3n) is 6.46. The molecule has 1 aromatic rings. The van der Waals surface area contributed by atoms with Crippen LogP contribution in [0.3, 0.4) is 0 Å². The Bertz CT molecular complexity index is 806. The molecule has 1 saturated carbocycles. The van der Waals surface area contributed by atoms with Crippen LogP contribution in [0.1, 0.15) is 75.3 Å². The first-order chi connectivity index (χ1) is 14.7. The topological polar surface area (TPSA) is 46.6 Å². The van der Waals surface area contributed by atoms with Crippen LogP contribution in [0.15, 0.2) is 18.2 Å². The molecule has 4 nitrogen and oxygen atoms in total. The van der Waals surface area contributed by atoms with Gasteiger partial charge in [0.1, 0.15) is 0 Å². The molecule has 0 bridgehead atoms. The summed E-state index contributed by atoms with van der Waals surface area (Å²) in [6.45, 7) is 4.09. The van der Waals surface area contributed by atoms with Crippen molar-refractivity contribution in [2.24, 2.45) is 11.8 Å². The van der Waals surface area contributed by atoms with Gasteiger partial charge < -0.3 is 9.64 Å². The number of hydrogen-bond acceptors (Lipinski definition) is 3. The Morgan fingerprint density at radius 1 is 1.16 bits per heavy atom. The zero-order valence-electron chi connectivity index (χ0n) is 17.9. The summed E-state index contributed by atoms with van der Waals surface area (Å²) in [5, 5.41) is -0.563. The fourth-order valence-corrected chi connectivity index (χ4v) is 5.16. The average molecular weight is 460 g/mol. The normalized spacial score (nSPS) is 26.3. The first-order valence-electron chi connectivity index (χ1n) is 11.0. The second kappa shape index (κ2) is 9.80. The van der Waals surface area contributed by atoms with E-state index in [-0.39, 0.29) is 29.8 Å². The third-order valence-corrected chi connectivity index (χ3v) is 6.87. The van der Waals surface area contributed by atoms with Gasteiger partial charge in [-0.05, 0) is 75.1 Å². The van der Waals surface area contributed by atoms with Crippen molar-refractivity contribution in [1.82, 2.24) is 0 Å². The summed E-state index contributed by atoms with van der Waals surface area (Å²) in [4.78, 5) is 26.9. The van der Waals surface area contributed by atoms with Crippen LogP contribution in [-0.2, 0) is 20.5 Å². The van der Waals surface area contributed by atoms with Crippen molar-refractivity contribution in [2.45, 2.75) is 76.4 Å². The second-order valence-corrected chi connectivity index (χ2v) is 9.00. The zero-order valence-corrected chi connectivity index (χ0v) is 18.6. The molecule has 1 aliphatic heterocycles. The first kappa shape index (κ1) is 23.9. The Labute approximate surface area is 186 Å². The molecule has 2 aliphatic rings. The number of anilines is 1. The van der Waals surface area contributed by atoms with E-state index in [0.717, 1.165) is 25.0 Å². The van der Waals surface area contributed by atoms with Crippen LogP contribution in [0.25, 0.3) is 0 Å². The van der Waals surface area contributed by atoms with Gasteiger partial charge in [-0.25, -0.2) is 0 Å². The molecule has 0 spiro atoms. The van der Waals surface area contributed by atoms with Gasteiger partial charge in [-0.15, -0.1) is 11.6 Å². The number of amides is 1. The van der Waals surface area contributed by atoms with Gasteiger partial charge in [0.25, 0.3) is 0 Å². The molecule has 1 unspecified atom stereocenters. The monoisotopic (exact) mass is 459 g/mol. The van der Waals surface area contributed by atoms with E-state index in [0.29, 0.717) is 50.0 Å². The molecule has 1 aliphatic carbocycles. The van der Waals surface area contributed by atoms with E-state index in [1.165, 1.54) is 6.07 Å². The maximum absolute atomic E-state index is 13.5. The van der Waals surface area contributed by atoms with Crippen molar-refractivity contribution in [3.63, 3.8) is 0 Å². The predicted octanol–water partition coefficient (Wildman–Crippen LogP) is 6.26. The summed E-state index contributed by atoms with van der Waals surface area (Å²) in [5.41, 5.74) is 0.106. The number of halogens is 4. The third kappa shape index (κ3) is 5.36. The molecule has 172 valence electrons. The summed E-state index contributed by atoms with van der Waals surface area (Å²) in [7, 11) is 0. The molecule has 1 amide bonds. The van der Waals surface area contributed by atoms with E-state index in [1.54, 1.807) is 11.8 Å². The van der Waals surface area contributed by atoms with Gasteiger partial charge in [-0.2, -0.15) is 13.2 Å². The van der Waals surface area contributed by atoms with Crippen LogP contribution >= 0.6 is 11.6 Å². The van der Waals surface area contributed by atoms with Gasteiger partial charge in [-0.1, -0.05) is 6.92 Å². The number of fused-ring (bicyclic) bond motifs is 1. The van der Waals surface area contributed by atoms with Gasteiger partial charge in [0.05, 0.1) is 17.5 Å². The Hall–Kier alpha value is -1.76. The van der Waals surface area contributed by atoms with Crippen LogP contribution in [0.2, 0.25) is 0 Å². The van der Waals surface area contributed by atoms with Crippen LogP contribution in [0.5, 0.6) is 0 Å². The van der Waals surface area contributed by atoms with E-state index in [4.69, 9.17) is 16.3 Å². The molecule has 8 heteroatoms. The molecule has 0 N–H and O–H groups in total. The lowest BCUT2D eigenvalue weighted by Gasteiger charge is -2.42. The summed E-state index contributed by atoms with van der Waals surface area (Å²) in [6.07, 6.45) is -0.141. The average Bonchev–Trinajstić information content (AvgIpc) is 2.73. The molecule has 2 atom stereocenters. The lowest BCUT2D eigenvalue weighted by Crippen LogP contribution is -2.47. The summed E-state index contributed by atoms with van der Waals surface area (Å²) in [6, 6.07) is 3.35. The minimum Gasteiger partial charge on any atom is -0.466 e. The number of esters is 1. The number of carbonyl (C=O) groups excluding carboxylic acids is 2. The van der Waals surface area contributed by atoms with Crippen molar-refractivity contribution >= 4 is 29.2 Å². The number of hydrogen-bond donors (Lipinski definition) is 0. The minimum absolute atomic E-state index is 0.0500. The van der Waals surface area contributed by atoms with Crippen molar-refractivity contribution in [3.8, 4) is 0 Å². The van der Waals surface area contributed by atoms with Crippen LogP contribution in [0, 0.1) is 11.8 Å². The highest BCUT2D eigenvalue weighted by Gasteiger charge is 2.40. The number of rotatable bonds is 5. The van der Waals surface area contributed by atoms with Crippen molar-refractivity contribution in [2.75, 3.05) is 11.5 Å². The van der Waals surface area contributed by atoms with Crippen molar-refractivity contribution < 1.29 is 27.5 Å². The lowest BCUT2D eigenvalue weighted by molar-refractivity contribution is -0.144. The largest absolute Gasteiger partial charge is 0.466 e. The summed E-state index contributed by atoms with van der Waals surface area (Å²) in [5.74, 6) is -0.247. The second-order valence-electron chi connectivity index (χ2n) is 8.47. The summed E-state index contributed by atoms with van der Waals surface area (Å²) >= 11 is 6.44. The van der Waals surface area contributed by atoms with Gasteiger partial charge in [-0.3, -0.25) is 9.59 Å². The highest BCUT2D eigenvalue weighted by molar-refractivity contribution is 6.22. The molecule has 0 radical (unpaired) electrons. The van der Waals surface area contributed by atoms with Crippen LogP contribution < -0.4 is 4.90 Å². The van der Waals surface area contributed by atoms with E-state index in [9.17, 15) is 22.8 Å². The standard InChI is InChI=1S/C23H29ClF3NO3/c1-3-17-13-19(24)18-12-16(23(25,26)27)9-10-20(18)28(17)22(30)15-7-5-14(6-8-15)11-21(29)31-4-2/h9-10,12,14-15,17,19H,3-8,11,13H2,1-2H3/t14?,15?,17-,19?/m1/s1. The highest BCUT2D eigenvalue weighted by Crippen LogP contribution is 2.45. The Morgan fingerprint density at radius 3 is 2.42 bits per heavy atom. The number of carbonyl (C=O) groups is 2. The Balaban J connectivity index is 1.77. The number of alkyl halides is 4. The highest BCUT2D eigenvalue weighted by atomic mass is 35.5. The Kier molecular flexibility index (Phi) is 7.55. The van der Waals surface area contributed by atoms with Crippen molar-refractivity contribution in [1.29, 1.82) is 0 Å². The SMILES string of the molecule is CCOC(=O)CC1CCC(C(=O)N2c3ccc(C(F)(F)F)cc3C(Cl)C[C@H]2CC)CC1. The van der Waals surface area contributed by atoms with E-state index < -0.39 is 17.1 Å². The molecule has 1 aromatic carbocycles. The molecular formula is C23H29ClF3NO3. The maximum atomic E-state index is 13.5. The molecule has 31 heavy (non-hydrogen) atoms. The summed E-state index contributed by atoms with van der Waals surface area (Å²) < 4.78 is 44.6. The fraction of sp³-hybridized carbons (Fsp3) is 0.652. The lowest BCUT2D eigenvalue weighted by atomic mass is 9.79. The molecule has 0 aromatic heterocycles. The Morgan fingerprint density at radius 2 is 1.84 bits per heavy atom. The molecule has 1 fully saturated rings. The van der Waals surface area contributed by atoms with Gasteiger partial charge >= 0.3 is 12.1 Å². The van der Waals surface area contributed by atoms with E-state index >= 15 is 0 Å². The number of nitrogens with zero attached hydrogens (tertiary/aromatic N) is 1. The molecule has 3 rings (SSSR count). The smallest absolute Gasteiger partial charge is 0.416 e. The van der Waals surface area contributed by atoms with E-state index in [1.807, 2.05) is 6.92 Å². The fourth-order valence-electron chi connectivity index (χ4n) is 4.78. The maximum Gasteiger partial charge on any atom is 0.416 e. The molecular weight excluding hydrogens is 431 g/mol. The van der Waals surface area contributed by atoms with Gasteiger partial charge in [0, 0.05) is 24.1 Å². The predicted molar refractivity (Wildman–Crippen MR) is 113 cm³/mol. The number of benzene rings is 1. The first-order valence-corrected chi connectivity index (χ1v) is 11.4. The number of ether oxygens (including phenoxy) is 1. The molecule has 1 heterocycles. The van der Waals surface area contributed by atoms with Gasteiger partial charge in [0.2, 0.25) is 5.91 Å². The quantitative estimate of drug-likeness (QED) is 0.385. The molecule has 0 saturated heterocycles.